The number of anilines is 1. The maximum Gasteiger partial charge on any atom is 0.278 e. The van der Waals surface area contributed by atoms with Gasteiger partial charge in [-0.15, -0.1) is 0 Å². The number of carbonyl (C=O) groups excluding carboxylic acids is 1. The minimum atomic E-state index is -0.425. The molecule has 170 valence electrons. The summed E-state index contributed by atoms with van der Waals surface area (Å²) >= 11 is 0. The van der Waals surface area contributed by atoms with Crippen molar-refractivity contribution < 1.29 is 18.4 Å². The molecule has 0 saturated heterocycles. The van der Waals surface area contributed by atoms with Gasteiger partial charge in [0.1, 0.15) is 23.9 Å². The molecule has 2 aromatic heterocycles. The number of nitrogens with zero attached hydrogens (tertiary/aromatic N) is 3. The van der Waals surface area contributed by atoms with Crippen molar-refractivity contribution in [1.82, 2.24) is 14.9 Å². The number of amides is 1. The van der Waals surface area contributed by atoms with Gasteiger partial charge >= 0.3 is 0 Å². The summed E-state index contributed by atoms with van der Waals surface area (Å²) in [5, 5.41) is 11.4. The van der Waals surface area contributed by atoms with E-state index in [0.717, 1.165) is 11.3 Å². The quantitative estimate of drug-likeness (QED) is 0.424. The molecule has 4 rings (SSSR count). The minimum Gasteiger partial charge on any atom is -0.489 e. The molecule has 2 aromatic carbocycles. The zero-order chi connectivity index (χ0) is 23.5. The van der Waals surface area contributed by atoms with Gasteiger partial charge in [-0.2, -0.15) is 5.10 Å². The Balaban J connectivity index is 1.52. The number of halogens is 1. The second kappa shape index (κ2) is 9.28. The number of hydrogen-bond acceptors (Lipinski definition) is 5. The summed E-state index contributed by atoms with van der Waals surface area (Å²) in [6.07, 6.45) is 0. The van der Waals surface area contributed by atoms with Crippen LogP contribution in [0.2, 0.25) is 0 Å². The fraction of sp³-hybridized carbons (Fsp3) is 0.240. The Kier molecular flexibility index (Phi) is 6.26. The van der Waals surface area contributed by atoms with Crippen LogP contribution in [-0.4, -0.2) is 20.8 Å². The molecule has 0 spiro atoms. The average molecular weight is 448 g/mol. The lowest BCUT2D eigenvalue weighted by molar-refractivity contribution is 0.101. The van der Waals surface area contributed by atoms with Crippen LogP contribution in [0.5, 0.6) is 5.75 Å². The van der Waals surface area contributed by atoms with Gasteiger partial charge in [-0.3, -0.25) is 9.48 Å². The molecule has 0 aliphatic rings. The predicted octanol–water partition coefficient (Wildman–Crippen LogP) is 5.12. The molecule has 0 unspecified atom stereocenters. The first-order chi connectivity index (χ1) is 15.8. The molecule has 8 heteroatoms. The van der Waals surface area contributed by atoms with Crippen molar-refractivity contribution in [3.8, 4) is 5.75 Å². The SMILES string of the molecule is Cc1ccccc1Cn1nc(C)c(NC(=O)c2noc(C)c2COc2cccc(F)c2)c1C. The van der Waals surface area contributed by atoms with E-state index >= 15 is 0 Å². The largest absolute Gasteiger partial charge is 0.489 e. The van der Waals surface area contributed by atoms with Gasteiger partial charge in [0, 0.05) is 6.07 Å². The standard InChI is InChI=1S/C25H25FN4O3/c1-15-8-5-6-9-19(15)13-30-17(3)23(16(2)28-30)27-25(31)24-22(18(4)33-29-24)14-32-21-11-7-10-20(26)12-21/h5-12H,13-14H2,1-4H3,(H,27,31). The number of nitrogens with one attached hydrogen (secondary N) is 1. The van der Waals surface area contributed by atoms with Crippen LogP contribution in [-0.2, 0) is 13.2 Å². The van der Waals surface area contributed by atoms with Crippen LogP contribution in [0.3, 0.4) is 0 Å². The number of ether oxygens (including phenoxy) is 1. The molecule has 0 radical (unpaired) electrons. The van der Waals surface area contributed by atoms with Gasteiger partial charge < -0.3 is 14.6 Å². The molecule has 1 N–H and O–H groups in total. The topological polar surface area (TPSA) is 82.2 Å². The number of benzene rings is 2. The lowest BCUT2D eigenvalue weighted by atomic mass is 10.1. The molecule has 7 nitrogen and oxygen atoms in total. The molecular weight excluding hydrogens is 423 g/mol. The third-order valence-electron chi connectivity index (χ3n) is 5.58. The molecular formula is C25H25FN4O3. The lowest BCUT2D eigenvalue weighted by Gasteiger charge is -2.09. The number of aromatic nitrogens is 3. The first-order valence-electron chi connectivity index (χ1n) is 10.6. The van der Waals surface area contributed by atoms with Gasteiger partial charge in [-0.25, -0.2) is 4.39 Å². The van der Waals surface area contributed by atoms with Gasteiger partial charge in [-0.05, 0) is 51.0 Å². The van der Waals surface area contributed by atoms with Crippen LogP contribution in [0, 0.1) is 33.5 Å². The van der Waals surface area contributed by atoms with E-state index in [1.807, 2.05) is 30.7 Å². The highest BCUT2D eigenvalue weighted by atomic mass is 19.1. The van der Waals surface area contributed by atoms with Crippen LogP contribution in [0.4, 0.5) is 10.1 Å². The van der Waals surface area contributed by atoms with E-state index in [9.17, 15) is 9.18 Å². The Labute approximate surface area is 191 Å². The van der Waals surface area contributed by atoms with Crippen molar-refractivity contribution >= 4 is 11.6 Å². The molecule has 33 heavy (non-hydrogen) atoms. The molecule has 0 saturated carbocycles. The normalized spacial score (nSPS) is 10.9. The van der Waals surface area contributed by atoms with Crippen molar-refractivity contribution in [2.75, 3.05) is 5.32 Å². The smallest absolute Gasteiger partial charge is 0.278 e. The summed E-state index contributed by atoms with van der Waals surface area (Å²) in [5.74, 6) is -0.0149. The summed E-state index contributed by atoms with van der Waals surface area (Å²) in [6.45, 7) is 8.14. The van der Waals surface area contributed by atoms with Crippen LogP contribution < -0.4 is 10.1 Å². The summed E-state index contributed by atoms with van der Waals surface area (Å²) in [5.41, 5.74) is 5.12. The second-order valence-corrected chi connectivity index (χ2v) is 7.90. The molecule has 0 aliphatic carbocycles. The number of rotatable bonds is 7. The van der Waals surface area contributed by atoms with Crippen LogP contribution in [0.15, 0.2) is 53.1 Å². The zero-order valence-corrected chi connectivity index (χ0v) is 19.0. The van der Waals surface area contributed by atoms with E-state index in [-0.39, 0.29) is 12.3 Å². The Morgan fingerprint density at radius 1 is 1.12 bits per heavy atom. The summed E-state index contributed by atoms with van der Waals surface area (Å²) in [4.78, 5) is 13.1. The Bertz CT molecular complexity index is 1310. The fourth-order valence-corrected chi connectivity index (χ4v) is 3.61. The molecule has 0 aliphatic heterocycles. The Morgan fingerprint density at radius 2 is 1.91 bits per heavy atom. The van der Waals surface area contributed by atoms with E-state index in [4.69, 9.17) is 9.26 Å². The van der Waals surface area contributed by atoms with E-state index in [0.29, 0.717) is 35.0 Å². The van der Waals surface area contributed by atoms with Crippen molar-refractivity contribution in [1.29, 1.82) is 0 Å². The van der Waals surface area contributed by atoms with Gasteiger partial charge in [0.15, 0.2) is 5.69 Å². The fourth-order valence-electron chi connectivity index (χ4n) is 3.61. The zero-order valence-electron chi connectivity index (χ0n) is 19.0. The third-order valence-corrected chi connectivity index (χ3v) is 5.58. The molecule has 0 bridgehead atoms. The van der Waals surface area contributed by atoms with E-state index < -0.39 is 11.7 Å². The van der Waals surface area contributed by atoms with Crippen LogP contribution in [0.1, 0.15) is 44.3 Å². The van der Waals surface area contributed by atoms with E-state index in [1.54, 1.807) is 19.1 Å². The maximum atomic E-state index is 13.4. The first-order valence-corrected chi connectivity index (χ1v) is 10.6. The Hall–Kier alpha value is -3.94. The van der Waals surface area contributed by atoms with Gasteiger partial charge in [0.05, 0.1) is 29.2 Å². The van der Waals surface area contributed by atoms with Gasteiger partial charge in [0.25, 0.3) is 5.91 Å². The van der Waals surface area contributed by atoms with Gasteiger partial charge in [-0.1, -0.05) is 35.5 Å². The Morgan fingerprint density at radius 3 is 2.67 bits per heavy atom. The number of aryl methyl sites for hydroxylation is 3. The number of carbonyl (C=O) groups is 1. The lowest BCUT2D eigenvalue weighted by Crippen LogP contribution is -2.16. The molecule has 1 amide bonds. The summed E-state index contributed by atoms with van der Waals surface area (Å²) < 4.78 is 26.2. The highest BCUT2D eigenvalue weighted by Crippen LogP contribution is 2.24. The summed E-state index contributed by atoms with van der Waals surface area (Å²) in [6, 6.07) is 13.9. The average Bonchev–Trinajstić information content (AvgIpc) is 3.28. The van der Waals surface area contributed by atoms with E-state index in [1.165, 1.54) is 17.7 Å². The van der Waals surface area contributed by atoms with E-state index in [2.05, 4.69) is 34.6 Å². The third kappa shape index (κ3) is 4.79. The van der Waals surface area contributed by atoms with Crippen LogP contribution in [0.25, 0.3) is 0 Å². The number of hydrogen-bond donors (Lipinski definition) is 1. The summed E-state index contributed by atoms with van der Waals surface area (Å²) in [7, 11) is 0. The van der Waals surface area contributed by atoms with Crippen LogP contribution >= 0.6 is 0 Å². The highest BCUT2D eigenvalue weighted by molar-refractivity contribution is 6.04. The van der Waals surface area contributed by atoms with Crippen molar-refractivity contribution in [2.24, 2.45) is 0 Å². The second-order valence-electron chi connectivity index (χ2n) is 7.90. The predicted molar refractivity (Wildman–Crippen MR) is 122 cm³/mol. The molecule has 2 heterocycles. The first kappa shape index (κ1) is 22.3. The van der Waals surface area contributed by atoms with Gasteiger partial charge in [0.2, 0.25) is 0 Å². The minimum absolute atomic E-state index is 0.0199. The van der Waals surface area contributed by atoms with Crippen molar-refractivity contribution in [2.45, 2.75) is 40.8 Å². The molecule has 4 aromatic rings. The monoisotopic (exact) mass is 448 g/mol. The van der Waals surface area contributed by atoms with Crippen molar-refractivity contribution in [3.05, 3.63) is 93.9 Å². The maximum absolute atomic E-state index is 13.4. The highest BCUT2D eigenvalue weighted by Gasteiger charge is 2.23. The molecule has 0 fully saturated rings. The molecule has 0 atom stereocenters. The van der Waals surface area contributed by atoms with Crippen molar-refractivity contribution in [3.63, 3.8) is 0 Å².